The largest absolute Gasteiger partial charge is 0.419 e. The van der Waals surface area contributed by atoms with E-state index in [1.165, 1.54) is 19.3 Å². The summed E-state index contributed by atoms with van der Waals surface area (Å²) in [6, 6.07) is 10.4. The van der Waals surface area contributed by atoms with Crippen LogP contribution in [0.5, 0.6) is 11.5 Å². The van der Waals surface area contributed by atoms with Gasteiger partial charge in [-0.3, -0.25) is 0 Å². The fourth-order valence-corrected chi connectivity index (χ4v) is 3.71. The maximum absolute atomic E-state index is 13.0. The van der Waals surface area contributed by atoms with Gasteiger partial charge in [-0.05, 0) is 48.6 Å². The van der Waals surface area contributed by atoms with E-state index in [4.69, 9.17) is 9.47 Å². The number of hydrogen-bond donors (Lipinski definition) is 0. The Hall–Kier alpha value is -2.62. The van der Waals surface area contributed by atoms with Crippen molar-refractivity contribution in [1.82, 2.24) is 0 Å². The first kappa shape index (κ1) is 20.1. The molecular weight excluding hydrogens is 352 g/mol. The lowest BCUT2D eigenvalue weighted by atomic mass is 9.89. The maximum atomic E-state index is 13.0. The van der Waals surface area contributed by atoms with Crippen LogP contribution in [0.4, 0.5) is 0 Å². The standard InChI is InChI=1S/C24H28O4/c1-3-5-6-7-8-12-18-17(11-4-2)15-16-19-22(18)24(26)28-21-14-10-9-13-20(21)27-23(19)25/h9-10,13-16H,3-8,11-12H2,1-2H3. The van der Waals surface area contributed by atoms with Crippen molar-refractivity contribution in [3.05, 3.63) is 58.7 Å². The SMILES string of the molecule is CCCCCCCc1c(CCC)ccc2c1C(=O)Oc1ccccc1OC2=O. The summed E-state index contributed by atoms with van der Waals surface area (Å²) in [5.41, 5.74) is 2.73. The van der Waals surface area contributed by atoms with Crippen molar-refractivity contribution >= 4 is 11.9 Å². The highest BCUT2D eigenvalue weighted by atomic mass is 16.6. The third-order valence-corrected chi connectivity index (χ3v) is 5.14. The number of fused-ring (bicyclic) bond motifs is 2. The first-order valence-corrected chi connectivity index (χ1v) is 10.3. The highest BCUT2D eigenvalue weighted by Gasteiger charge is 2.29. The number of carbonyl (C=O) groups is 2. The van der Waals surface area contributed by atoms with Crippen LogP contribution in [-0.4, -0.2) is 11.9 Å². The lowest BCUT2D eigenvalue weighted by molar-refractivity contribution is 0.0647. The third-order valence-electron chi connectivity index (χ3n) is 5.14. The molecule has 1 aliphatic heterocycles. The molecule has 0 saturated heterocycles. The second-order valence-electron chi connectivity index (χ2n) is 7.27. The normalized spacial score (nSPS) is 13.1. The molecule has 2 aromatic carbocycles. The molecule has 4 heteroatoms. The van der Waals surface area contributed by atoms with E-state index in [1.807, 2.05) is 6.07 Å². The summed E-state index contributed by atoms with van der Waals surface area (Å²) in [5, 5.41) is 0. The molecule has 0 N–H and O–H groups in total. The number of carbonyl (C=O) groups excluding carboxylic acids is 2. The predicted molar refractivity (Wildman–Crippen MR) is 109 cm³/mol. The molecule has 28 heavy (non-hydrogen) atoms. The van der Waals surface area contributed by atoms with Gasteiger partial charge in [0, 0.05) is 0 Å². The summed E-state index contributed by atoms with van der Waals surface area (Å²) in [4.78, 5) is 25.8. The smallest absolute Gasteiger partial charge is 0.344 e. The van der Waals surface area contributed by atoms with Crippen molar-refractivity contribution in [3.63, 3.8) is 0 Å². The van der Waals surface area contributed by atoms with Gasteiger partial charge in [-0.2, -0.15) is 0 Å². The number of aryl methyl sites for hydroxylation is 1. The van der Waals surface area contributed by atoms with Gasteiger partial charge < -0.3 is 9.47 Å². The summed E-state index contributed by atoms with van der Waals surface area (Å²) in [5.74, 6) is -0.429. The van der Waals surface area contributed by atoms with Crippen molar-refractivity contribution in [1.29, 1.82) is 0 Å². The Morgan fingerprint density at radius 3 is 2.07 bits per heavy atom. The van der Waals surface area contributed by atoms with E-state index in [-0.39, 0.29) is 11.5 Å². The summed E-state index contributed by atoms with van der Waals surface area (Å²) in [7, 11) is 0. The number of esters is 2. The van der Waals surface area contributed by atoms with Gasteiger partial charge >= 0.3 is 11.9 Å². The zero-order valence-electron chi connectivity index (χ0n) is 16.8. The van der Waals surface area contributed by atoms with Crippen LogP contribution < -0.4 is 9.47 Å². The second kappa shape index (κ2) is 9.54. The Labute approximate surface area is 166 Å². The molecule has 0 aliphatic carbocycles. The molecule has 0 saturated carbocycles. The molecule has 1 heterocycles. The molecule has 0 unspecified atom stereocenters. The van der Waals surface area contributed by atoms with Crippen molar-refractivity contribution in [3.8, 4) is 11.5 Å². The molecule has 3 rings (SSSR count). The number of ether oxygens (including phenoxy) is 2. The Balaban J connectivity index is 1.98. The minimum Gasteiger partial charge on any atom is -0.419 e. The fourth-order valence-electron chi connectivity index (χ4n) is 3.71. The number of benzene rings is 2. The Morgan fingerprint density at radius 1 is 0.714 bits per heavy atom. The van der Waals surface area contributed by atoms with E-state index in [9.17, 15) is 9.59 Å². The van der Waals surface area contributed by atoms with Gasteiger partial charge in [0.05, 0.1) is 11.1 Å². The predicted octanol–water partition coefficient (Wildman–Crippen LogP) is 5.90. The van der Waals surface area contributed by atoms with Crippen LogP contribution in [0, 0.1) is 0 Å². The molecule has 0 atom stereocenters. The van der Waals surface area contributed by atoms with Crippen molar-refractivity contribution in [2.45, 2.75) is 65.2 Å². The number of unbranched alkanes of at least 4 members (excludes halogenated alkanes) is 4. The maximum Gasteiger partial charge on any atom is 0.344 e. The first-order chi connectivity index (χ1) is 13.7. The van der Waals surface area contributed by atoms with Crippen LogP contribution in [0.15, 0.2) is 36.4 Å². The van der Waals surface area contributed by atoms with Crippen LogP contribution in [0.3, 0.4) is 0 Å². The lowest BCUT2D eigenvalue weighted by Gasteiger charge is -2.20. The molecule has 0 fully saturated rings. The zero-order valence-corrected chi connectivity index (χ0v) is 16.8. The topological polar surface area (TPSA) is 52.6 Å². The molecule has 0 radical (unpaired) electrons. The van der Waals surface area contributed by atoms with E-state index in [0.29, 0.717) is 11.1 Å². The van der Waals surface area contributed by atoms with E-state index in [1.54, 1.807) is 30.3 Å². The van der Waals surface area contributed by atoms with Crippen LogP contribution in [0.1, 0.15) is 84.2 Å². The minimum atomic E-state index is -0.505. The number of rotatable bonds is 8. The van der Waals surface area contributed by atoms with Crippen LogP contribution in [-0.2, 0) is 12.8 Å². The fraction of sp³-hybridized carbons (Fsp3) is 0.417. The molecule has 0 amide bonds. The number of para-hydroxylation sites is 2. The molecule has 0 bridgehead atoms. The summed E-state index contributed by atoms with van der Waals surface area (Å²) >= 11 is 0. The Kier molecular flexibility index (Phi) is 6.85. The van der Waals surface area contributed by atoms with E-state index < -0.39 is 11.9 Å². The van der Waals surface area contributed by atoms with Gasteiger partial charge in [0.15, 0.2) is 11.5 Å². The molecule has 148 valence electrons. The summed E-state index contributed by atoms with van der Waals surface area (Å²) in [6.07, 6.45) is 8.33. The zero-order chi connectivity index (χ0) is 19.9. The average molecular weight is 380 g/mol. The molecule has 2 aromatic rings. The van der Waals surface area contributed by atoms with Gasteiger partial charge in [0.25, 0.3) is 0 Å². The van der Waals surface area contributed by atoms with Crippen molar-refractivity contribution in [2.75, 3.05) is 0 Å². The molecule has 4 nitrogen and oxygen atoms in total. The Bertz CT molecular complexity index is 854. The highest BCUT2D eigenvalue weighted by Crippen LogP contribution is 2.33. The number of hydrogen-bond acceptors (Lipinski definition) is 4. The monoisotopic (exact) mass is 380 g/mol. The third kappa shape index (κ3) is 4.44. The lowest BCUT2D eigenvalue weighted by Crippen LogP contribution is -2.23. The quantitative estimate of drug-likeness (QED) is 0.325. The average Bonchev–Trinajstić information content (AvgIpc) is 2.69. The van der Waals surface area contributed by atoms with E-state index in [0.717, 1.165) is 43.2 Å². The molecule has 1 aliphatic rings. The summed E-state index contributed by atoms with van der Waals surface area (Å²) in [6.45, 7) is 4.31. The van der Waals surface area contributed by atoms with Crippen LogP contribution in [0.25, 0.3) is 0 Å². The highest BCUT2D eigenvalue weighted by molar-refractivity contribution is 6.06. The van der Waals surface area contributed by atoms with Crippen molar-refractivity contribution < 1.29 is 19.1 Å². The Morgan fingerprint density at radius 2 is 1.39 bits per heavy atom. The van der Waals surface area contributed by atoms with Gasteiger partial charge in [0.2, 0.25) is 0 Å². The summed E-state index contributed by atoms with van der Waals surface area (Å²) < 4.78 is 11.1. The van der Waals surface area contributed by atoms with Gasteiger partial charge in [-0.1, -0.05) is 64.2 Å². The first-order valence-electron chi connectivity index (χ1n) is 10.3. The molecule has 0 spiro atoms. The van der Waals surface area contributed by atoms with Crippen molar-refractivity contribution in [2.24, 2.45) is 0 Å². The van der Waals surface area contributed by atoms with Gasteiger partial charge in [-0.25, -0.2) is 9.59 Å². The minimum absolute atomic E-state index is 0.269. The van der Waals surface area contributed by atoms with E-state index >= 15 is 0 Å². The van der Waals surface area contributed by atoms with Gasteiger partial charge in [0.1, 0.15) is 0 Å². The van der Waals surface area contributed by atoms with Crippen LogP contribution >= 0.6 is 0 Å². The molecule has 0 aromatic heterocycles. The van der Waals surface area contributed by atoms with E-state index in [2.05, 4.69) is 13.8 Å². The van der Waals surface area contributed by atoms with Gasteiger partial charge in [-0.15, -0.1) is 0 Å². The second-order valence-corrected chi connectivity index (χ2v) is 7.27. The van der Waals surface area contributed by atoms with Crippen LogP contribution in [0.2, 0.25) is 0 Å². The molecular formula is C24H28O4.